The molecule has 0 bridgehead atoms. The van der Waals surface area contributed by atoms with E-state index in [4.69, 9.17) is 9.47 Å². The Bertz CT molecular complexity index is 1480. The van der Waals surface area contributed by atoms with E-state index in [-0.39, 0.29) is 30.9 Å². The van der Waals surface area contributed by atoms with Crippen molar-refractivity contribution in [3.63, 3.8) is 0 Å². The van der Waals surface area contributed by atoms with Gasteiger partial charge in [0.2, 0.25) is 11.8 Å². The molecule has 0 aliphatic heterocycles. The van der Waals surface area contributed by atoms with Crippen LogP contribution in [0.3, 0.4) is 0 Å². The number of nitrogens with zero attached hydrogens (tertiary/aromatic N) is 4. The van der Waals surface area contributed by atoms with Crippen LogP contribution in [0.25, 0.3) is 11.0 Å². The molecule has 1 saturated carbocycles. The van der Waals surface area contributed by atoms with Crippen molar-refractivity contribution >= 4 is 22.8 Å². The van der Waals surface area contributed by atoms with Gasteiger partial charge in [0.15, 0.2) is 0 Å². The van der Waals surface area contributed by atoms with Gasteiger partial charge in [-0.2, -0.15) is 0 Å². The Morgan fingerprint density at radius 2 is 1.77 bits per heavy atom. The Hall–Kier alpha value is -4.40. The molecule has 0 spiro atoms. The molecule has 1 fully saturated rings. The molecule has 0 radical (unpaired) electrons. The smallest absolute Gasteiger partial charge is 0.247 e. The van der Waals surface area contributed by atoms with Gasteiger partial charge in [0.25, 0.3) is 0 Å². The van der Waals surface area contributed by atoms with E-state index in [2.05, 4.69) is 15.6 Å². The highest BCUT2D eigenvalue weighted by Crippen LogP contribution is 2.35. The fourth-order valence-electron chi connectivity index (χ4n) is 5.32. The van der Waals surface area contributed by atoms with Crippen LogP contribution in [0.1, 0.15) is 48.4 Å². The summed E-state index contributed by atoms with van der Waals surface area (Å²) in [5, 5.41) is 11.7. The van der Waals surface area contributed by atoms with Crippen molar-refractivity contribution in [3.8, 4) is 11.5 Å². The Labute approximate surface area is 234 Å². The minimum Gasteiger partial charge on any atom is -0.497 e. The SMILES string of the molecule is COc1ccc(OC)c([C@@H](C(=O)NC2CCCC2)N(Cc2ccc(C)cc2)C(=O)Cn2nnc3ccccc32)c1. The van der Waals surface area contributed by atoms with Crippen molar-refractivity contribution in [1.29, 1.82) is 0 Å². The van der Waals surface area contributed by atoms with Gasteiger partial charge >= 0.3 is 0 Å². The van der Waals surface area contributed by atoms with E-state index in [0.29, 0.717) is 22.6 Å². The molecule has 2 amide bonds. The standard InChI is InChI=1S/C31H35N5O4/c1-21-12-14-22(15-13-21)19-35(29(37)20-36-27-11-7-6-10-26(27)33-34-36)30(31(38)32-23-8-4-5-9-23)25-18-24(39-2)16-17-28(25)40-3/h6-7,10-18,23,30H,4-5,8-9,19-20H2,1-3H3,(H,32,38)/t30-/m0/s1. The van der Waals surface area contributed by atoms with Gasteiger partial charge in [-0.05, 0) is 55.7 Å². The van der Waals surface area contributed by atoms with Gasteiger partial charge in [0, 0.05) is 18.2 Å². The third-order valence-corrected chi connectivity index (χ3v) is 7.49. The number of hydrogen-bond donors (Lipinski definition) is 1. The molecule has 9 heteroatoms. The maximum Gasteiger partial charge on any atom is 0.247 e. The first-order valence-electron chi connectivity index (χ1n) is 13.6. The molecule has 1 atom stereocenters. The average molecular weight is 542 g/mol. The molecule has 1 aromatic heterocycles. The van der Waals surface area contributed by atoms with Crippen LogP contribution in [0.15, 0.2) is 66.7 Å². The summed E-state index contributed by atoms with van der Waals surface area (Å²) < 4.78 is 12.8. The van der Waals surface area contributed by atoms with Gasteiger partial charge in [-0.15, -0.1) is 5.10 Å². The molecule has 208 valence electrons. The minimum absolute atomic E-state index is 0.0715. The molecule has 3 aromatic carbocycles. The van der Waals surface area contributed by atoms with Crippen LogP contribution in [-0.2, 0) is 22.7 Å². The van der Waals surface area contributed by atoms with Crippen molar-refractivity contribution < 1.29 is 19.1 Å². The molecule has 9 nitrogen and oxygen atoms in total. The highest BCUT2D eigenvalue weighted by atomic mass is 16.5. The lowest BCUT2D eigenvalue weighted by Crippen LogP contribution is -2.46. The van der Waals surface area contributed by atoms with E-state index in [9.17, 15) is 9.59 Å². The monoisotopic (exact) mass is 541 g/mol. The second-order valence-electron chi connectivity index (χ2n) is 10.2. The number of rotatable bonds is 10. The number of ether oxygens (including phenoxy) is 2. The first-order chi connectivity index (χ1) is 19.5. The van der Waals surface area contributed by atoms with Gasteiger partial charge < -0.3 is 19.7 Å². The molecular weight excluding hydrogens is 506 g/mol. The highest BCUT2D eigenvalue weighted by Gasteiger charge is 2.36. The van der Waals surface area contributed by atoms with Crippen LogP contribution in [0.4, 0.5) is 0 Å². The molecule has 0 saturated heterocycles. The van der Waals surface area contributed by atoms with Crippen molar-refractivity contribution in [2.24, 2.45) is 0 Å². The molecule has 1 heterocycles. The second-order valence-corrected chi connectivity index (χ2v) is 10.2. The van der Waals surface area contributed by atoms with Crippen molar-refractivity contribution in [3.05, 3.63) is 83.4 Å². The van der Waals surface area contributed by atoms with Crippen LogP contribution in [0.5, 0.6) is 11.5 Å². The number of amides is 2. The first kappa shape index (κ1) is 27.2. The number of benzene rings is 3. The molecule has 1 N–H and O–H groups in total. The second kappa shape index (κ2) is 12.2. The summed E-state index contributed by atoms with van der Waals surface area (Å²) in [5.74, 6) is 0.551. The minimum atomic E-state index is -0.964. The number of carbonyl (C=O) groups excluding carboxylic acids is 2. The molecule has 40 heavy (non-hydrogen) atoms. The van der Waals surface area contributed by atoms with Gasteiger partial charge in [-0.3, -0.25) is 9.59 Å². The van der Waals surface area contributed by atoms with Gasteiger partial charge in [0.05, 0.1) is 19.7 Å². The number of hydrogen-bond acceptors (Lipinski definition) is 6. The molecule has 1 aliphatic rings. The Morgan fingerprint density at radius 1 is 1.02 bits per heavy atom. The van der Waals surface area contributed by atoms with Crippen LogP contribution in [0.2, 0.25) is 0 Å². The Kier molecular flexibility index (Phi) is 8.28. The first-order valence-corrected chi connectivity index (χ1v) is 13.6. The summed E-state index contributed by atoms with van der Waals surface area (Å²) in [7, 11) is 3.13. The summed E-state index contributed by atoms with van der Waals surface area (Å²) in [6, 6.07) is 19.9. The molecule has 1 aliphatic carbocycles. The molecular formula is C31H35N5O4. The fraction of sp³-hybridized carbons (Fsp3) is 0.355. The van der Waals surface area contributed by atoms with E-state index in [1.54, 1.807) is 42.0 Å². The predicted molar refractivity (Wildman–Crippen MR) is 152 cm³/mol. The number of para-hydroxylation sites is 1. The van der Waals surface area contributed by atoms with E-state index in [0.717, 1.165) is 42.3 Å². The van der Waals surface area contributed by atoms with Gasteiger partial charge in [-0.1, -0.05) is 60.0 Å². The third-order valence-electron chi connectivity index (χ3n) is 7.49. The van der Waals surface area contributed by atoms with E-state index in [1.165, 1.54) is 0 Å². The summed E-state index contributed by atoms with van der Waals surface area (Å²) in [6.45, 7) is 2.15. The Balaban J connectivity index is 1.59. The van der Waals surface area contributed by atoms with Crippen LogP contribution >= 0.6 is 0 Å². The maximum atomic E-state index is 14.2. The zero-order valence-corrected chi connectivity index (χ0v) is 23.2. The van der Waals surface area contributed by atoms with Crippen LogP contribution in [0, 0.1) is 6.92 Å². The summed E-state index contributed by atoms with van der Waals surface area (Å²) in [6.07, 6.45) is 3.99. The fourth-order valence-corrected chi connectivity index (χ4v) is 5.32. The summed E-state index contributed by atoms with van der Waals surface area (Å²) in [4.78, 5) is 30.0. The van der Waals surface area contributed by atoms with Gasteiger partial charge in [-0.25, -0.2) is 4.68 Å². The number of aryl methyl sites for hydroxylation is 1. The normalized spacial score (nSPS) is 14.2. The lowest BCUT2D eigenvalue weighted by Gasteiger charge is -2.33. The van der Waals surface area contributed by atoms with E-state index in [1.807, 2.05) is 55.5 Å². The van der Waals surface area contributed by atoms with Gasteiger partial charge in [0.1, 0.15) is 29.6 Å². The van der Waals surface area contributed by atoms with Crippen molar-refractivity contribution in [2.75, 3.05) is 14.2 Å². The molecule has 4 aromatic rings. The zero-order valence-electron chi connectivity index (χ0n) is 23.2. The van der Waals surface area contributed by atoms with Crippen LogP contribution in [-0.4, -0.2) is 52.0 Å². The van der Waals surface area contributed by atoms with Crippen molar-refractivity contribution in [1.82, 2.24) is 25.2 Å². The van der Waals surface area contributed by atoms with Crippen molar-refractivity contribution in [2.45, 2.75) is 57.8 Å². The number of methoxy groups -OCH3 is 2. The lowest BCUT2D eigenvalue weighted by atomic mass is 10.00. The predicted octanol–water partition coefficient (Wildman–Crippen LogP) is 4.59. The van der Waals surface area contributed by atoms with Crippen LogP contribution < -0.4 is 14.8 Å². The molecule has 5 rings (SSSR count). The topological polar surface area (TPSA) is 98.6 Å². The quantitative estimate of drug-likeness (QED) is 0.316. The number of fused-ring (bicyclic) bond motifs is 1. The molecule has 0 unspecified atom stereocenters. The highest BCUT2D eigenvalue weighted by molar-refractivity contribution is 5.90. The van der Waals surface area contributed by atoms with E-state index >= 15 is 0 Å². The maximum absolute atomic E-state index is 14.2. The average Bonchev–Trinajstić information content (AvgIpc) is 3.64. The summed E-state index contributed by atoms with van der Waals surface area (Å²) >= 11 is 0. The van der Waals surface area contributed by atoms with E-state index < -0.39 is 6.04 Å². The lowest BCUT2D eigenvalue weighted by molar-refractivity contribution is -0.142. The number of carbonyl (C=O) groups is 2. The third kappa shape index (κ3) is 5.93. The largest absolute Gasteiger partial charge is 0.497 e. The zero-order chi connectivity index (χ0) is 28.1. The summed E-state index contributed by atoms with van der Waals surface area (Å²) in [5.41, 5.74) is 4.02. The number of nitrogens with one attached hydrogen (secondary N) is 1. The number of aromatic nitrogens is 3. The Morgan fingerprint density at radius 3 is 2.50 bits per heavy atom.